The van der Waals surface area contributed by atoms with E-state index in [0.717, 1.165) is 62.3 Å². The summed E-state index contributed by atoms with van der Waals surface area (Å²) in [5.74, 6) is -0.204. The highest BCUT2D eigenvalue weighted by atomic mass is 19.1. The molecule has 30 heavy (non-hydrogen) atoms. The third kappa shape index (κ3) is 3.59. The Kier molecular flexibility index (Phi) is 5.00. The number of aliphatic hydroxyl groups excluding tert-OH is 1. The zero-order valence-electron chi connectivity index (χ0n) is 16.7. The Morgan fingerprint density at radius 3 is 2.87 bits per heavy atom. The Hall–Kier alpha value is -2.77. The van der Waals surface area contributed by atoms with Crippen molar-refractivity contribution in [3.8, 4) is 0 Å². The normalized spacial score (nSPS) is 21.3. The molecule has 0 bridgehead atoms. The number of carbonyl (C=O) groups excluding carboxylic acids is 1. The lowest BCUT2D eigenvalue weighted by Crippen LogP contribution is -2.36. The van der Waals surface area contributed by atoms with E-state index in [-0.39, 0.29) is 12.0 Å². The van der Waals surface area contributed by atoms with Crippen LogP contribution in [0.2, 0.25) is 0 Å². The smallest absolute Gasteiger partial charge is 0.260 e. The summed E-state index contributed by atoms with van der Waals surface area (Å²) in [5, 5.41) is 12.4. The molecule has 0 radical (unpaired) electrons. The summed E-state index contributed by atoms with van der Waals surface area (Å²) in [6.45, 7) is 3.21. The van der Waals surface area contributed by atoms with E-state index in [1.165, 1.54) is 12.1 Å². The number of halogens is 1. The maximum atomic E-state index is 13.7. The number of nitrogens with one attached hydrogen (secondary N) is 1. The van der Waals surface area contributed by atoms with Gasteiger partial charge in [0.05, 0.1) is 17.4 Å². The van der Waals surface area contributed by atoms with Crippen molar-refractivity contribution in [1.82, 2.24) is 9.88 Å². The van der Waals surface area contributed by atoms with Gasteiger partial charge in [-0.15, -0.1) is 0 Å². The Morgan fingerprint density at radius 1 is 1.20 bits per heavy atom. The minimum atomic E-state index is -0.391. The predicted octanol–water partition coefficient (Wildman–Crippen LogP) is 2.96. The number of rotatable bonds is 4. The van der Waals surface area contributed by atoms with Crippen LogP contribution in [0.15, 0.2) is 30.3 Å². The number of likely N-dealkylation sites (tertiary alicyclic amines) is 1. The third-order valence-corrected chi connectivity index (χ3v) is 6.05. The lowest BCUT2D eigenvalue weighted by atomic mass is 10.0. The molecule has 156 valence electrons. The van der Waals surface area contributed by atoms with Crippen molar-refractivity contribution >= 4 is 22.9 Å². The summed E-state index contributed by atoms with van der Waals surface area (Å²) in [6, 6.07) is 8.19. The van der Waals surface area contributed by atoms with Crippen molar-refractivity contribution in [2.24, 2.45) is 0 Å². The van der Waals surface area contributed by atoms with Gasteiger partial charge in [-0.2, -0.15) is 0 Å². The molecule has 7 heteroatoms. The number of hydrogen-bond donors (Lipinski definition) is 2. The Balaban J connectivity index is 1.32. The van der Waals surface area contributed by atoms with Crippen LogP contribution in [0.3, 0.4) is 0 Å². The fourth-order valence-corrected chi connectivity index (χ4v) is 4.42. The van der Waals surface area contributed by atoms with Crippen molar-refractivity contribution in [1.29, 1.82) is 0 Å². The van der Waals surface area contributed by atoms with Crippen molar-refractivity contribution in [2.75, 3.05) is 25.0 Å². The van der Waals surface area contributed by atoms with Gasteiger partial charge in [-0.1, -0.05) is 0 Å². The van der Waals surface area contributed by atoms with Gasteiger partial charge in [0.1, 0.15) is 18.2 Å². The number of aliphatic hydroxyl groups is 1. The number of ether oxygens (including phenoxy) is 1. The summed E-state index contributed by atoms with van der Waals surface area (Å²) < 4.78 is 19.6. The molecule has 0 atom stereocenters. The van der Waals surface area contributed by atoms with Crippen LogP contribution in [0.5, 0.6) is 0 Å². The predicted molar refractivity (Wildman–Crippen MR) is 111 cm³/mol. The van der Waals surface area contributed by atoms with E-state index in [1.54, 1.807) is 6.07 Å². The van der Waals surface area contributed by atoms with Crippen LogP contribution >= 0.6 is 0 Å². The minimum absolute atomic E-state index is 0.145. The average molecular weight is 409 g/mol. The number of pyridine rings is 1. The Morgan fingerprint density at radius 2 is 2.03 bits per heavy atom. The number of piperidine rings is 1. The minimum Gasteiger partial charge on any atom is -0.486 e. The quantitative estimate of drug-likeness (QED) is 0.760. The molecule has 1 fully saturated rings. The Labute approximate surface area is 174 Å². The van der Waals surface area contributed by atoms with Crippen LogP contribution in [0.4, 0.5) is 10.1 Å². The number of aryl methyl sites for hydroxylation is 1. The molecule has 2 aromatic rings. The summed E-state index contributed by atoms with van der Waals surface area (Å²) in [6.07, 6.45) is 3.44. The monoisotopic (exact) mass is 409 g/mol. The number of fused-ring (bicyclic) bond motifs is 2. The third-order valence-electron chi connectivity index (χ3n) is 6.05. The first-order valence-electron chi connectivity index (χ1n) is 10.5. The largest absolute Gasteiger partial charge is 0.486 e. The maximum Gasteiger partial charge on any atom is 0.260 e. The first-order valence-corrected chi connectivity index (χ1v) is 10.5. The average Bonchev–Trinajstić information content (AvgIpc) is 3.28. The number of nitrogens with zero attached hydrogens (tertiary/aromatic N) is 2. The van der Waals surface area contributed by atoms with Crippen LogP contribution < -0.4 is 5.32 Å². The van der Waals surface area contributed by atoms with E-state index < -0.39 is 5.82 Å². The molecule has 0 unspecified atom stereocenters. The van der Waals surface area contributed by atoms with Crippen molar-refractivity contribution in [3.05, 3.63) is 58.7 Å². The highest BCUT2D eigenvalue weighted by molar-refractivity contribution is 6.36. The van der Waals surface area contributed by atoms with Crippen LogP contribution in [0.1, 0.15) is 41.8 Å². The SMILES string of the molecule is O=C1Nc2ccc(F)cc2/C1=C1\OCc2nc(CCCN3CCC(O)CC3)ccc21. The van der Waals surface area contributed by atoms with Crippen LogP contribution in [-0.4, -0.2) is 46.6 Å². The molecule has 1 saturated heterocycles. The molecule has 1 aromatic heterocycles. The highest BCUT2D eigenvalue weighted by Crippen LogP contribution is 2.41. The Bertz CT molecular complexity index is 1030. The maximum absolute atomic E-state index is 13.7. The van der Waals surface area contributed by atoms with Crippen LogP contribution in [-0.2, 0) is 22.6 Å². The summed E-state index contributed by atoms with van der Waals surface area (Å²) in [5.41, 5.74) is 4.10. The van der Waals surface area contributed by atoms with E-state index in [0.29, 0.717) is 29.2 Å². The molecule has 4 heterocycles. The fraction of sp³-hybridized carbons (Fsp3) is 0.391. The van der Waals surface area contributed by atoms with Gasteiger partial charge in [-0.05, 0) is 62.6 Å². The summed E-state index contributed by atoms with van der Waals surface area (Å²) in [4.78, 5) is 19.6. The molecule has 3 aliphatic heterocycles. The lowest BCUT2D eigenvalue weighted by Gasteiger charge is -2.29. The second kappa shape index (κ2) is 7.81. The molecular formula is C23H24FN3O3. The molecule has 2 N–H and O–H groups in total. The van der Waals surface area contributed by atoms with Crippen molar-refractivity contribution in [3.63, 3.8) is 0 Å². The standard InChI is InChI=1S/C23H24FN3O3/c24-14-3-6-19-18(12-14)21(23(29)26-19)22-17-5-4-15(25-20(17)13-30-22)2-1-9-27-10-7-16(28)8-11-27/h3-6,12,16,28H,1-2,7-11,13H2,(H,26,29)/b22-21+. The molecule has 0 aliphatic carbocycles. The van der Waals surface area contributed by atoms with Crippen molar-refractivity contribution in [2.45, 2.75) is 38.4 Å². The van der Waals surface area contributed by atoms with E-state index in [2.05, 4.69) is 10.2 Å². The summed E-state index contributed by atoms with van der Waals surface area (Å²) >= 11 is 0. The molecule has 3 aliphatic rings. The fourth-order valence-electron chi connectivity index (χ4n) is 4.42. The molecule has 0 spiro atoms. The topological polar surface area (TPSA) is 74.7 Å². The van der Waals surface area contributed by atoms with E-state index in [4.69, 9.17) is 9.72 Å². The zero-order valence-corrected chi connectivity index (χ0v) is 16.7. The van der Waals surface area contributed by atoms with E-state index >= 15 is 0 Å². The molecular weight excluding hydrogens is 385 g/mol. The van der Waals surface area contributed by atoms with E-state index in [9.17, 15) is 14.3 Å². The first kappa shape index (κ1) is 19.2. The molecule has 5 rings (SSSR count). The molecule has 6 nitrogen and oxygen atoms in total. The number of anilines is 1. The molecule has 1 amide bonds. The molecule has 0 saturated carbocycles. The van der Waals surface area contributed by atoms with Gasteiger partial charge in [0.25, 0.3) is 5.91 Å². The zero-order chi connectivity index (χ0) is 20.7. The van der Waals surface area contributed by atoms with Gasteiger partial charge in [0.2, 0.25) is 0 Å². The van der Waals surface area contributed by atoms with Gasteiger partial charge in [0, 0.05) is 35.6 Å². The number of aromatic nitrogens is 1. The molecule has 1 aromatic carbocycles. The van der Waals surface area contributed by atoms with Crippen LogP contribution in [0.25, 0.3) is 11.3 Å². The second-order valence-corrected chi connectivity index (χ2v) is 8.11. The van der Waals surface area contributed by atoms with Gasteiger partial charge in [-0.25, -0.2) is 4.39 Å². The number of benzene rings is 1. The van der Waals surface area contributed by atoms with Crippen molar-refractivity contribution < 1.29 is 19.0 Å². The van der Waals surface area contributed by atoms with Gasteiger partial charge in [0.15, 0.2) is 0 Å². The highest BCUT2D eigenvalue weighted by Gasteiger charge is 2.33. The van der Waals surface area contributed by atoms with E-state index in [1.807, 2.05) is 12.1 Å². The second-order valence-electron chi connectivity index (χ2n) is 8.11. The van der Waals surface area contributed by atoms with Gasteiger partial charge in [-0.3, -0.25) is 9.78 Å². The summed E-state index contributed by atoms with van der Waals surface area (Å²) in [7, 11) is 0. The number of hydrogen-bond acceptors (Lipinski definition) is 5. The lowest BCUT2D eigenvalue weighted by molar-refractivity contribution is -0.110. The van der Waals surface area contributed by atoms with Gasteiger partial charge < -0.3 is 20.1 Å². The van der Waals surface area contributed by atoms with Gasteiger partial charge >= 0.3 is 0 Å². The number of carbonyl (C=O) groups is 1. The number of amides is 1. The van der Waals surface area contributed by atoms with Crippen LogP contribution in [0, 0.1) is 5.82 Å². The first-order chi connectivity index (χ1) is 14.6.